The van der Waals surface area contributed by atoms with Crippen LogP contribution in [-0.4, -0.2) is 36.3 Å². The van der Waals surface area contributed by atoms with Crippen LogP contribution in [0.4, 0.5) is 0 Å². The van der Waals surface area contributed by atoms with Crippen molar-refractivity contribution in [2.75, 3.05) is 19.6 Å². The molecule has 0 aromatic heterocycles. The normalized spacial score (nSPS) is 22.3. The van der Waals surface area contributed by atoms with E-state index in [0.29, 0.717) is 13.1 Å². The zero-order valence-corrected chi connectivity index (χ0v) is 17.1. The lowest BCUT2D eigenvalue weighted by atomic mass is 9.90. The van der Waals surface area contributed by atoms with Crippen molar-refractivity contribution >= 4 is 11.8 Å². The van der Waals surface area contributed by atoms with Crippen LogP contribution in [0, 0.1) is 23.2 Å². The number of likely N-dealkylation sites (tertiary alicyclic amines) is 1. The summed E-state index contributed by atoms with van der Waals surface area (Å²) in [5, 5.41) is 3.15. The third-order valence-corrected chi connectivity index (χ3v) is 6.77. The first-order valence-electron chi connectivity index (χ1n) is 11.0. The average Bonchev–Trinajstić information content (AvgIpc) is 3.47. The highest BCUT2D eigenvalue weighted by atomic mass is 16.2. The first-order valence-corrected chi connectivity index (χ1v) is 11.0. The van der Waals surface area contributed by atoms with Crippen molar-refractivity contribution < 1.29 is 9.59 Å². The molecule has 4 heteroatoms. The van der Waals surface area contributed by atoms with E-state index in [1.165, 1.54) is 31.3 Å². The molecule has 2 amide bonds. The molecular formula is C25H30N2O2. The fraction of sp³-hybridized carbons (Fsp3) is 0.520. The summed E-state index contributed by atoms with van der Waals surface area (Å²) in [4.78, 5) is 26.8. The third kappa shape index (κ3) is 4.90. The number of hydrogen-bond donors (Lipinski definition) is 1. The van der Waals surface area contributed by atoms with Gasteiger partial charge in [-0.05, 0) is 68.9 Å². The van der Waals surface area contributed by atoms with Gasteiger partial charge in [0.25, 0.3) is 5.91 Å². The van der Waals surface area contributed by atoms with Gasteiger partial charge in [-0.25, -0.2) is 0 Å². The fourth-order valence-corrected chi connectivity index (χ4v) is 4.75. The second-order valence-electron chi connectivity index (χ2n) is 8.68. The summed E-state index contributed by atoms with van der Waals surface area (Å²) in [6.07, 6.45) is 11.1. The van der Waals surface area contributed by atoms with Crippen molar-refractivity contribution in [2.24, 2.45) is 11.3 Å². The smallest absolute Gasteiger partial charge is 0.298 e. The van der Waals surface area contributed by atoms with E-state index in [1.807, 2.05) is 35.2 Å². The molecule has 4 nitrogen and oxygen atoms in total. The van der Waals surface area contributed by atoms with Crippen LogP contribution < -0.4 is 5.32 Å². The Morgan fingerprint density at radius 3 is 2.66 bits per heavy atom. The quantitative estimate of drug-likeness (QED) is 0.630. The van der Waals surface area contributed by atoms with Gasteiger partial charge in [0.2, 0.25) is 5.91 Å². The minimum atomic E-state index is -0.105. The molecule has 152 valence electrons. The third-order valence-electron chi connectivity index (χ3n) is 6.77. The van der Waals surface area contributed by atoms with Crippen molar-refractivity contribution in [3.8, 4) is 11.8 Å². The van der Waals surface area contributed by atoms with Gasteiger partial charge in [-0.15, -0.1) is 0 Å². The molecule has 0 bridgehead atoms. The highest BCUT2D eigenvalue weighted by Crippen LogP contribution is 2.59. The molecule has 1 aromatic carbocycles. The molecule has 1 saturated heterocycles. The molecule has 1 atom stereocenters. The minimum absolute atomic E-state index is 0.105. The van der Waals surface area contributed by atoms with Gasteiger partial charge < -0.3 is 10.2 Å². The number of amides is 2. The average molecular weight is 391 g/mol. The first kappa shape index (κ1) is 19.8. The molecule has 2 aliphatic carbocycles. The van der Waals surface area contributed by atoms with Crippen LogP contribution in [-0.2, 0) is 9.59 Å². The van der Waals surface area contributed by atoms with Gasteiger partial charge in [-0.2, -0.15) is 0 Å². The number of allylic oxidation sites excluding steroid dienone is 1. The van der Waals surface area contributed by atoms with Crippen LogP contribution in [0.1, 0.15) is 56.9 Å². The number of benzene rings is 1. The van der Waals surface area contributed by atoms with Crippen LogP contribution >= 0.6 is 0 Å². The Bertz CT molecular complexity index is 839. The van der Waals surface area contributed by atoms with Crippen LogP contribution in [0.15, 0.2) is 42.0 Å². The summed E-state index contributed by atoms with van der Waals surface area (Å²) in [6, 6.07) is 9.59. The highest BCUT2D eigenvalue weighted by Gasteiger charge is 2.58. The van der Waals surface area contributed by atoms with Crippen LogP contribution in [0.3, 0.4) is 0 Å². The van der Waals surface area contributed by atoms with Gasteiger partial charge in [0.1, 0.15) is 0 Å². The molecule has 1 aromatic rings. The summed E-state index contributed by atoms with van der Waals surface area (Å²) >= 11 is 0. The monoisotopic (exact) mass is 390 g/mol. The maximum Gasteiger partial charge on any atom is 0.298 e. The molecular weight excluding hydrogens is 360 g/mol. The summed E-state index contributed by atoms with van der Waals surface area (Å²) in [5.41, 5.74) is 2.49. The SMILES string of the molecule is O=C(NCCC1=CCCCC1)C1CC12CCN(C(=O)C#Cc1ccccc1)CC2. The van der Waals surface area contributed by atoms with Gasteiger partial charge in [0.05, 0.1) is 0 Å². The first-order chi connectivity index (χ1) is 14.2. The van der Waals surface area contributed by atoms with E-state index in [-0.39, 0.29) is 23.1 Å². The molecule has 4 rings (SSSR count). The lowest BCUT2D eigenvalue weighted by Gasteiger charge is -2.31. The molecule has 1 unspecified atom stereocenters. The van der Waals surface area contributed by atoms with Gasteiger partial charge in [0, 0.05) is 37.0 Å². The second kappa shape index (κ2) is 8.86. The molecule has 0 radical (unpaired) electrons. The number of carbonyl (C=O) groups excluding carboxylic acids is 2. The van der Waals surface area contributed by atoms with E-state index in [2.05, 4.69) is 23.2 Å². The van der Waals surface area contributed by atoms with Gasteiger partial charge in [0.15, 0.2) is 0 Å². The van der Waals surface area contributed by atoms with Gasteiger partial charge in [-0.1, -0.05) is 35.8 Å². The molecule has 3 aliphatic rings. The number of hydrogen-bond acceptors (Lipinski definition) is 2. The molecule has 1 heterocycles. The molecule has 29 heavy (non-hydrogen) atoms. The van der Waals surface area contributed by atoms with Crippen molar-refractivity contribution in [1.29, 1.82) is 0 Å². The maximum absolute atomic E-state index is 12.6. The maximum atomic E-state index is 12.6. The van der Waals surface area contributed by atoms with Crippen LogP contribution in [0.2, 0.25) is 0 Å². The molecule has 1 N–H and O–H groups in total. The van der Waals surface area contributed by atoms with E-state index < -0.39 is 0 Å². The number of carbonyl (C=O) groups is 2. The number of rotatable bonds is 4. The number of piperidine rings is 1. The standard InChI is InChI=1S/C25H30N2O2/c28-23(12-11-20-7-3-1-4-8-20)27-17-14-25(15-18-27)19-22(25)24(29)26-16-13-21-9-5-2-6-10-21/h1,3-4,7-9,22H,2,5-6,10,13-19H2,(H,26,29). The van der Waals surface area contributed by atoms with E-state index >= 15 is 0 Å². The Morgan fingerprint density at radius 2 is 1.93 bits per heavy atom. The van der Waals surface area contributed by atoms with Crippen molar-refractivity contribution in [3.05, 3.63) is 47.5 Å². The van der Waals surface area contributed by atoms with E-state index in [9.17, 15) is 9.59 Å². The topological polar surface area (TPSA) is 49.4 Å². The van der Waals surface area contributed by atoms with Gasteiger partial charge in [-0.3, -0.25) is 9.59 Å². The summed E-state index contributed by atoms with van der Waals surface area (Å²) in [5.74, 6) is 5.95. The van der Waals surface area contributed by atoms with Crippen LogP contribution in [0.25, 0.3) is 0 Å². The predicted molar refractivity (Wildman–Crippen MR) is 114 cm³/mol. The summed E-state index contributed by atoms with van der Waals surface area (Å²) < 4.78 is 0. The van der Waals surface area contributed by atoms with Crippen molar-refractivity contribution in [1.82, 2.24) is 10.2 Å². The van der Waals surface area contributed by atoms with Crippen LogP contribution in [0.5, 0.6) is 0 Å². The van der Waals surface area contributed by atoms with E-state index in [1.54, 1.807) is 0 Å². The summed E-state index contributed by atoms with van der Waals surface area (Å²) in [6.45, 7) is 2.18. The molecule has 1 spiro atoms. The number of nitrogens with zero attached hydrogens (tertiary/aromatic N) is 1. The Kier molecular flexibility index (Phi) is 6.04. The zero-order valence-electron chi connectivity index (χ0n) is 17.1. The fourth-order valence-electron chi connectivity index (χ4n) is 4.75. The lowest BCUT2D eigenvalue weighted by molar-refractivity contribution is -0.127. The summed E-state index contributed by atoms with van der Waals surface area (Å²) in [7, 11) is 0. The number of nitrogens with one attached hydrogen (secondary N) is 1. The predicted octanol–water partition coefficient (Wildman–Crippen LogP) is 3.67. The Hall–Kier alpha value is -2.54. The highest BCUT2D eigenvalue weighted by molar-refractivity contribution is 5.94. The lowest BCUT2D eigenvalue weighted by Crippen LogP contribution is -2.40. The molecule has 1 saturated carbocycles. The zero-order chi connectivity index (χ0) is 20.1. The van der Waals surface area contributed by atoms with E-state index in [4.69, 9.17) is 0 Å². The van der Waals surface area contributed by atoms with Crippen molar-refractivity contribution in [3.63, 3.8) is 0 Å². The Balaban J connectivity index is 1.20. The largest absolute Gasteiger partial charge is 0.356 e. The Labute approximate surface area is 173 Å². The van der Waals surface area contributed by atoms with E-state index in [0.717, 1.165) is 37.8 Å². The van der Waals surface area contributed by atoms with Crippen molar-refractivity contribution in [2.45, 2.75) is 51.4 Å². The molecule has 1 aliphatic heterocycles. The molecule has 2 fully saturated rings. The van der Waals surface area contributed by atoms with Gasteiger partial charge >= 0.3 is 0 Å². The minimum Gasteiger partial charge on any atom is -0.356 e. The Morgan fingerprint density at radius 1 is 1.14 bits per heavy atom. The second-order valence-corrected chi connectivity index (χ2v) is 8.68.